The SMILES string of the molecule is CC(C)(C)OC(=O)NC(c1c(F)cccc1Cl)C1(O)CCCC1. The average Bonchev–Trinajstić information content (AvgIpc) is 2.83. The number of hydrogen-bond donors (Lipinski definition) is 2. The first-order valence-electron chi connectivity index (χ1n) is 7.78. The highest BCUT2D eigenvalue weighted by molar-refractivity contribution is 6.31. The number of aliphatic hydroxyl groups is 1. The molecule has 1 aromatic carbocycles. The van der Waals surface area contributed by atoms with Crippen molar-refractivity contribution >= 4 is 17.7 Å². The van der Waals surface area contributed by atoms with Crippen molar-refractivity contribution in [2.45, 2.75) is 63.7 Å². The van der Waals surface area contributed by atoms with Crippen molar-refractivity contribution < 1.29 is 19.0 Å². The lowest BCUT2D eigenvalue weighted by Crippen LogP contribution is -2.46. The molecule has 128 valence electrons. The van der Waals surface area contributed by atoms with Crippen molar-refractivity contribution in [2.24, 2.45) is 0 Å². The minimum Gasteiger partial charge on any atom is -0.444 e. The van der Waals surface area contributed by atoms with E-state index in [0.29, 0.717) is 12.8 Å². The predicted molar refractivity (Wildman–Crippen MR) is 86.9 cm³/mol. The molecule has 1 amide bonds. The summed E-state index contributed by atoms with van der Waals surface area (Å²) in [6.45, 7) is 5.21. The van der Waals surface area contributed by atoms with Crippen molar-refractivity contribution in [3.05, 3.63) is 34.6 Å². The zero-order valence-corrected chi connectivity index (χ0v) is 14.4. The van der Waals surface area contributed by atoms with Gasteiger partial charge in [-0.2, -0.15) is 0 Å². The fourth-order valence-corrected chi connectivity index (χ4v) is 3.24. The van der Waals surface area contributed by atoms with Crippen molar-refractivity contribution in [2.75, 3.05) is 0 Å². The summed E-state index contributed by atoms with van der Waals surface area (Å²) < 4.78 is 19.6. The number of benzene rings is 1. The van der Waals surface area contributed by atoms with Crippen LogP contribution in [0.3, 0.4) is 0 Å². The van der Waals surface area contributed by atoms with Crippen LogP contribution in [0.25, 0.3) is 0 Å². The van der Waals surface area contributed by atoms with Crippen LogP contribution >= 0.6 is 11.6 Å². The summed E-state index contributed by atoms with van der Waals surface area (Å²) in [6.07, 6.45) is 1.86. The van der Waals surface area contributed by atoms with E-state index in [1.165, 1.54) is 12.1 Å². The Labute approximate surface area is 141 Å². The van der Waals surface area contributed by atoms with E-state index in [1.54, 1.807) is 26.8 Å². The summed E-state index contributed by atoms with van der Waals surface area (Å²) in [7, 11) is 0. The van der Waals surface area contributed by atoms with Gasteiger partial charge >= 0.3 is 6.09 Å². The van der Waals surface area contributed by atoms with Crippen LogP contribution in [0.5, 0.6) is 0 Å². The molecule has 0 radical (unpaired) electrons. The van der Waals surface area contributed by atoms with Crippen LogP contribution in [0.2, 0.25) is 5.02 Å². The largest absolute Gasteiger partial charge is 0.444 e. The molecule has 0 heterocycles. The first-order chi connectivity index (χ1) is 10.6. The summed E-state index contributed by atoms with van der Waals surface area (Å²) in [5, 5.41) is 13.7. The maximum atomic E-state index is 14.3. The van der Waals surface area contributed by atoms with Crippen LogP contribution in [0.15, 0.2) is 18.2 Å². The quantitative estimate of drug-likeness (QED) is 0.857. The van der Waals surface area contributed by atoms with Gasteiger partial charge in [-0.3, -0.25) is 0 Å². The van der Waals surface area contributed by atoms with Gasteiger partial charge in [-0.25, -0.2) is 9.18 Å². The molecule has 23 heavy (non-hydrogen) atoms. The molecule has 0 aliphatic heterocycles. The summed E-state index contributed by atoms with van der Waals surface area (Å²) in [6, 6.07) is 3.35. The van der Waals surface area contributed by atoms with Crippen LogP contribution in [-0.4, -0.2) is 22.4 Å². The third-order valence-electron chi connectivity index (χ3n) is 3.96. The van der Waals surface area contributed by atoms with Crippen molar-refractivity contribution in [3.8, 4) is 0 Å². The van der Waals surface area contributed by atoms with E-state index in [2.05, 4.69) is 5.32 Å². The van der Waals surface area contributed by atoms with Crippen molar-refractivity contribution in [3.63, 3.8) is 0 Å². The Hall–Kier alpha value is -1.33. The molecular weight excluding hydrogens is 321 g/mol. The minimum atomic E-state index is -1.23. The summed E-state index contributed by atoms with van der Waals surface area (Å²) in [4.78, 5) is 12.2. The van der Waals surface area contributed by atoms with Gasteiger partial charge in [-0.15, -0.1) is 0 Å². The Morgan fingerprint density at radius 2 is 2.00 bits per heavy atom. The van der Waals surface area contributed by atoms with Crippen molar-refractivity contribution in [1.82, 2.24) is 5.32 Å². The van der Waals surface area contributed by atoms with E-state index in [0.717, 1.165) is 12.8 Å². The average molecular weight is 344 g/mol. The molecule has 1 saturated carbocycles. The molecule has 0 saturated heterocycles. The van der Waals surface area contributed by atoms with E-state index in [9.17, 15) is 14.3 Å². The van der Waals surface area contributed by atoms with Crippen LogP contribution < -0.4 is 5.32 Å². The van der Waals surface area contributed by atoms with Crippen LogP contribution in [-0.2, 0) is 4.74 Å². The number of carbonyl (C=O) groups excluding carboxylic acids is 1. The van der Waals surface area contributed by atoms with Gasteiger partial charge in [0.25, 0.3) is 0 Å². The maximum Gasteiger partial charge on any atom is 0.408 e. The first kappa shape index (κ1) is 18.0. The number of halogens is 2. The number of nitrogens with one attached hydrogen (secondary N) is 1. The fourth-order valence-electron chi connectivity index (χ4n) is 2.96. The van der Waals surface area contributed by atoms with E-state index in [-0.39, 0.29) is 10.6 Å². The van der Waals surface area contributed by atoms with Crippen LogP contribution in [0.1, 0.15) is 58.1 Å². The van der Waals surface area contributed by atoms with E-state index < -0.39 is 29.2 Å². The predicted octanol–water partition coefficient (Wildman–Crippen LogP) is 4.35. The molecule has 1 unspecified atom stereocenters. The molecule has 1 aliphatic carbocycles. The summed E-state index contributed by atoms with van der Waals surface area (Å²) in [5.41, 5.74) is -1.82. The molecule has 1 aromatic rings. The lowest BCUT2D eigenvalue weighted by Gasteiger charge is -2.34. The molecule has 0 aromatic heterocycles. The Bertz CT molecular complexity index is 559. The second-order valence-electron chi connectivity index (χ2n) is 7.03. The summed E-state index contributed by atoms with van der Waals surface area (Å²) >= 11 is 6.14. The summed E-state index contributed by atoms with van der Waals surface area (Å²) in [5.74, 6) is -0.557. The molecule has 2 rings (SSSR count). The highest BCUT2D eigenvalue weighted by atomic mass is 35.5. The van der Waals surface area contributed by atoms with Gasteiger partial charge in [0.1, 0.15) is 11.4 Å². The van der Waals surface area contributed by atoms with E-state index >= 15 is 0 Å². The van der Waals surface area contributed by atoms with Gasteiger partial charge in [0, 0.05) is 10.6 Å². The minimum absolute atomic E-state index is 0.101. The van der Waals surface area contributed by atoms with Gasteiger partial charge in [-0.1, -0.05) is 30.5 Å². The molecule has 6 heteroatoms. The van der Waals surface area contributed by atoms with Crippen LogP contribution in [0.4, 0.5) is 9.18 Å². The lowest BCUT2D eigenvalue weighted by molar-refractivity contribution is -0.00434. The van der Waals surface area contributed by atoms with Gasteiger partial charge in [0.2, 0.25) is 0 Å². The van der Waals surface area contributed by atoms with Crippen LogP contribution in [0, 0.1) is 5.82 Å². The van der Waals surface area contributed by atoms with Gasteiger partial charge in [0.05, 0.1) is 11.6 Å². The Balaban J connectivity index is 2.35. The van der Waals surface area contributed by atoms with E-state index in [1.807, 2.05) is 0 Å². The molecule has 1 fully saturated rings. The second kappa shape index (κ2) is 6.65. The second-order valence-corrected chi connectivity index (χ2v) is 7.43. The molecule has 2 N–H and O–H groups in total. The molecule has 1 atom stereocenters. The Morgan fingerprint density at radius 3 is 2.52 bits per heavy atom. The van der Waals surface area contributed by atoms with E-state index in [4.69, 9.17) is 16.3 Å². The zero-order valence-electron chi connectivity index (χ0n) is 13.7. The smallest absolute Gasteiger partial charge is 0.408 e. The Kier molecular flexibility index (Phi) is 5.21. The Morgan fingerprint density at radius 1 is 1.39 bits per heavy atom. The van der Waals surface area contributed by atoms with Crippen molar-refractivity contribution in [1.29, 1.82) is 0 Å². The lowest BCUT2D eigenvalue weighted by atomic mass is 9.86. The number of hydrogen-bond acceptors (Lipinski definition) is 3. The fraction of sp³-hybridized carbons (Fsp3) is 0.588. The molecule has 0 spiro atoms. The monoisotopic (exact) mass is 343 g/mol. The third-order valence-corrected chi connectivity index (χ3v) is 4.29. The molecule has 0 bridgehead atoms. The number of amides is 1. The normalized spacial score (nSPS) is 18.5. The first-order valence-corrected chi connectivity index (χ1v) is 8.16. The molecular formula is C17H23ClFNO3. The third kappa shape index (κ3) is 4.36. The topological polar surface area (TPSA) is 58.6 Å². The zero-order chi connectivity index (χ0) is 17.3. The highest BCUT2D eigenvalue weighted by Crippen LogP contribution is 2.42. The number of carbonyl (C=O) groups is 1. The van der Waals surface area contributed by atoms with Gasteiger partial charge in [-0.05, 0) is 45.7 Å². The molecule has 1 aliphatic rings. The van der Waals surface area contributed by atoms with Gasteiger partial charge < -0.3 is 15.2 Å². The number of rotatable bonds is 3. The van der Waals surface area contributed by atoms with Gasteiger partial charge in [0.15, 0.2) is 0 Å². The highest BCUT2D eigenvalue weighted by Gasteiger charge is 2.43. The number of alkyl carbamates (subject to hydrolysis) is 1. The standard InChI is InChI=1S/C17H23ClFNO3/c1-16(2,3)23-15(21)20-14(17(22)9-4-5-10-17)13-11(18)7-6-8-12(13)19/h6-8,14,22H,4-5,9-10H2,1-3H3,(H,20,21). The molecule has 4 nitrogen and oxygen atoms in total. The number of ether oxygens (including phenoxy) is 1. The maximum absolute atomic E-state index is 14.3.